The van der Waals surface area contributed by atoms with E-state index in [1.165, 1.54) is 25.5 Å². The molecule has 128 valence electrons. The lowest BCUT2D eigenvalue weighted by atomic mass is 9.97. The molecule has 1 aromatic rings. The van der Waals surface area contributed by atoms with Crippen molar-refractivity contribution in [1.82, 2.24) is 10.2 Å². The lowest BCUT2D eigenvalue weighted by molar-refractivity contribution is -0.137. The van der Waals surface area contributed by atoms with Gasteiger partial charge in [0.2, 0.25) is 0 Å². The molecule has 1 aromatic carbocycles. The Morgan fingerprint density at radius 2 is 2.09 bits per heavy atom. The molecule has 0 aromatic heterocycles. The van der Waals surface area contributed by atoms with Crippen molar-refractivity contribution in [2.45, 2.75) is 50.0 Å². The smallest absolute Gasteiger partial charge is 0.387 e. The number of piperidine rings is 1. The summed E-state index contributed by atoms with van der Waals surface area (Å²) in [5, 5.41) is 13.5. The number of fused-ring (bicyclic) bond motifs is 1. The van der Waals surface area contributed by atoms with Crippen LogP contribution in [0.15, 0.2) is 24.3 Å². The van der Waals surface area contributed by atoms with E-state index in [9.17, 15) is 18.3 Å². The van der Waals surface area contributed by atoms with E-state index in [4.69, 9.17) is 0 Å². The lowest BCUT2D eigenvalue weighted by Gasteiger charge is -2.35. The molecule has 0 saturated carbocycles. The topological polar surface area (TPSA) is 35.5 Å². The van der Waals surface area contributed by atoms with Gasteiger partial charge in [-0.05, 0) is 56.5 Å². The summed E-state index contributed by atoms with van der Waals surface area (Å²) < 4.78 is 38.2. The van der Waals surface area contributed by atoms with Gasteiger partial charge in [0.25, 0.3) is 0 Å². The summed E-state index contributed by atoms with van der Waals surface area (Å²) in [6.07, 6.45) is -0.711. The summed E-state index contributed by atoms with van der Waals surface area (Å²) >= 11 is 0. The highest BCUT2D eigenvalue weighted by molar-refractivity contribution is 5.27. The van der Waals surface area contributed by atoms with Crippen LogP contribution < -0.4 is 5.32 Å². The largest absolute Gasteiger partial charge is 0.416 e. The van der Waals surface area contributed by atoms with Gasteiger partial charge in [0.15, 0.2) is 0 Å². The van der Waals surface area contributed by atoms with E-state index in [2.05, 4.69) is 10.2 Å². The van der Waals surface area contributed by atoms with Crippen LogP contribution in [0.3, 0.4) is 0 Å². The van der Waals surface area contributed by atoms with Crippen LogP contribution >= 0.6 is 0 Å². The Hall–Kier alpha value is -1.11. The summed E-state index contributed by atoms with van der Waals surface area (Å²) in [6, 6.07) is 5.92. The Kier molecular flexibility index (Phi) is 4.94. The predicted octanol–water partition coefficient (Wildman–Crippen LogP) is 2.96. The molecule has 2 aliphatic rings. The van der Waals surface area contributed by atoms with Crippen molar-refractivity contribution in [1.29, 1.82) is 0 Å². The minimum atomic E-state index is -4.38. The fraction of sp³-hybridized carbons (Fsp3) is 0.647. The molecule has 3 nitrogen and oxygen atoms in total. The van der Waals surface area contributed by atoms with Crippen molar-refractivity contribution >= 4 is 0 Å². The molecule has 0 radical (unpaired) electrons. The normalized spacial score (nSPS) is 27.0. The van der Waals surface area contributed by atoms with Crippen molar-refractivity contribution in [3.63, 3.8) is 0 Å². The number of benzene rings is 1. The third-order valence-corrected chi connectivity index (χ3v) is 5.02. The number of nitrogens with one attached hydrogen (secondary N) is 1. The van der Waals surface area contributed by atoms with Crippen molar-refractivity contribution in [2.75, 3.05) is 19.6 Å². The van der Waals surface area contributed by atoms with Crippen LogP contribution in [0.2, 0.25) is 0 Å². The van der Waals surface area contributed by atoms with Crippen LogP contribution in [-0.4, -0.2) is 41.7 Å². The van der Waals surface area contributed by atoms with Gasteiger partial charge in [-0.2, -0.15) is 13.2 Å². The maximum Gasteiger partial charge on any atom is 0.416 e. The molecule has 2 heterocycles. The van der Waals surface area contributed by atoms with Gasteiger partial charge in [-0.15, -0.1) is 0 Å². The SMILES string of the molecule is OC(CNC1CCN2CCCC2C1)c1cccc(C(F)(F)F)c1. The highest BCUT2D eigenvalue weighted by Gasteiger charge is 2.32. The molecular weight excluding hydrogens is 305 g/mol. The molecule has 3 rings (SSSR count). The Labute approximate surface area is 134 Å². The van der Waals surface area contributed by atoms with Crippen LogP contribution in [0, 0.1) is 0 Å². The summed E-state index contributed by atoms with van der Waals surface area (Å²) in [5.74, 6) is 0. The van der Waals surface area contributed by atoms with E-state index in [-0.39, 0.29) is 0 Å². The third kappa shape index (κ3) is 4.05. The Balaban J connectivity index is 1.54. The monoisotopic (exact) mass is 328 g/mol. The second kappa shape index (κ2) is 6.79. The molecule has 0 aliphatic carbocycles. The molecule has 2 N–H and O–H groups in total. The highest BCUT2D eigenvalue weighted by Crippen LogP contribution is 2.31. The van der Waals surface area contributed by atoms with Gasteiger partial charge >= 0.3 is 6.18 Å². The van der Waals surface area contributed by atoms with Crippen molar-refractivity contribution in [3.05, 3.63) is 35.4 Å². The molecule has 0 bridgehead atoms. The fourth-order valence-electron chi connectivity index (χ4n) is 3.73. The van der Waals surface area contributed by atoms with Gasteiger partial charge in [-0.1, -0.05) is 12.1 Å². The zero-order chi connectivity index (χ0) is 16.4. The first-order valence-electron chi connectivity index (χ1n) is 8.26. The average Bonchev–Trinajstić information content (AvgIpc) is 2.99. The van der Waals surface area contributed by atoms with Crippen molar-refractivity contribution < 1.29 is 18.3 Å². The first-order chi connectivity index (χ1) is 10.9. The molecule has 0 spiro atoms. The van der Waals surface area contributed by atoms with Crippen LogP contribution in [0.1, 0.15) is 42.9 Å². The minimum Gasteiger partial charge on any atom is -0.387 e. The van der Waals surface area contributed by atoms with Crippen LogP contribution in [0.5, 0.6) is 0 Å². The molecule has 3 unspecified atom stereocenters. The minimum absolute atomic E-state index is 0.290. The quantitative estimate of drug-likeness (QED) is 0.892. The van der Waals surface area contributed by atoms with E-state index >= 15 is 0 Å². The molecule has 6 heteroatoms. The first kappa shape index (κ1) is 16.7. The average molecular weight is 328 g/mol. The molecule has 2 saturated heterocycles. The van der Waals surface area contributed by atoms with E-state index in [0.29, 0.717) is 24.2 Å². The summed E-state index contributed by atoms with van der Waals surface area (Å²) in [5.41, 5.74) is -0.404. The summed E-state index contributed by atoms with van der Waals surface area (Å²) in [6.45, 7) is 2.55. The number of hydrogen-bond donors (Lipinski definition) is 2. The van der Waals surface area contributed by atoms with Gasteiger partial charge in [0.05, 0.1) is 11.7 Å². The lowest BCUT2D eigenvalue weighted by Crippen LogP contribution is -2.46. The molecule has 23 heavy (non-hydrogen) atoms. The van der Waals surface area contributed by atoms with Gasteiger partial charge < -0.3 is 15.3 Å². The van der Waals surface area contributed by atoms with Crippen molar-refractivity contribution in [3.8, 4) is 0 Å². The van der Waals surface area contributed by atoms with Gasteiger partial charge in [-0.3, -0.25) is 0 Å². The molecule has 0 amide bonds. The number of aliphatic hydroxyl groups is 1. The second-order valence-electron chi connectivity index (χ2n) is 6.60. The standard InChI is InChI=1S/C17H23F3N2O/c18-17(19,20)13-4-1-3-12(9-13)16(23)11-21-14-6-8-22-7-2-5-15(22)10-14/h1,3-4,9,14-16,21,23H,2,5-8,10-11H2. The summed E-state index contributed by atoms with van der Waals surface area (Å²) in [4.78, 5) is 2.52. The number of nitrogens with zero attached hydrogens (tertiary/aromatic N) is 1. The Morgan fingerprint density at radius 3 is 2.87 bits per heavy atom. The molecule has 3 atom stereocenters. The Bertz CT molecular complexity index is 535. The summed E-state index contributed by atoms with van der Waals surface area (Å²) in [7, 11) is 0. The van der Waals surface area contributed by atoms with Gasteiger partial charge in [-0.25, -0.2) is 0 Å². The number of hydrogen-bond acceptors (Lipinski definition) is 3. The number of alkyl halides is 3. The maximum absolute atomic E-state index is 12.7. The van der Waals surface area contributed by atoms with E-state index < -0.39 is 17.8 Å². The number of rotatable bonds is 4. The molecule has 2 aliphatic heterocycles. The van der Waals surface area contributed by atoms with Crippen LogP contribution in [0.25, 0.3) is 0 Å². The van der Waals surface area contributed by atoms with E-state index in [1.54, 1.807) is 6.07 Å². The van der Waals surface area contributed by atoms with Crippen LogP contribution in [-0.2, 0) is 6.18 Å². The van der Waals surface area contributed by atoms with Crippen molar-refractivity contribution in [2.24, 2.45) is 0 Å². The second-order valence-corrected chi connectivity index (χ2v) is 6.60. The molecular formula is C17H23F3N2O. The predicted molar refractivity (Wildman–Crippen MR) is 82.0 cm³/mol. The first-order valence-corrected chi connectivity index (χ1v) is 8.26. The Morgan fingerprint density at radius 1 is 1.26 bits per heavy atom. The number of aliphatic hydroxyl groups excluding tert-OH is 1. The third-order valence-electron chi connectivity index (χ3n) is 5.02. The van der Waals surface area contributed by atoms with Gasteiger partial charge in [0.1, 0.15) is 0 Å². The maximum atomic E-state index is 12.7. The zero-order valence-corrected chi connectivity index (χ0v) is 13.0. The van der Waals surface area contributed by atoms with E-state index in [0.717, 1.165) is 31.5 Å². The van der Waals surface area contributed by atoms with E-state index in [1.807, 2.05) is 0 Å². The molecule has 2 fully saturated rings. The zero-order valence-electron chi connectivity index (χ0n) is 13.0. The van der Waals surface area contributed by atoms with Gasteiger partial charge in [0, 0.05) is 18.6 Å². The highest BCUT2D eigenvalue weighted by atomic mass is 19.4. The number of halogens is 3. The fourth-order valence-corrected chi connectivity index (χ4v) is 3.73. The van der Waals surface area contributed by atoms with Crippen LogP contribution in [0.4, 0.5) is 13.2 Å².